The Kier molecular flexibility index (Phi) is 5.85. The summed E-state index contributed by atoms with van der Waals surface area (Å²) in [6.45, 7) is 3.91. The first kappa shape index (κ1) is 15.5. The van der Waals surface area contributed by atoms with Crippen molar-refractivity contribution in [1.82, 2.24) is 0 Å². The summed E-state index contributed by atoms with van der Waals surface area (Å²) in [5.41, 5.74) is 8.26. The lowest BCUT2D eigenvalue weighted by molar-refractivity contribution is -0.137. The average molecular weight is 282 g/mol. The topological polar surface area (TPSA) is 92.4 Å². The van der Waals surface area contributed by atoms with E-state index in [2.05, 4.69) is 5.32 Å². The Morgan fingerprint density at radius 1 is 1.42 bits per heavy atom. The SMILES string of the molecule is Cc1ccc(NC(=O)CSCC(N)C(=O)O)c(C)c1. The fraction of sp³-hybridized carbons (Fsp3) is 0.385. The number of carboxylic acids is 1. The van der Waals surface area contributed by atoms with E-state index in [-0.39, 0.29) is 17.4 Å². The van der Waals surface area contributed by atoms with Crippen molar-refractivity contribution < 1.29 is 14.7 Å². The molecule has 0 saturated heterocycles. The highest BCUT2D eigenvalue weighted by molar-refractivity contribution is 8.00. The molecule has 1 aromatic rings. The first-order valence-electron chi connectivity index (χ1n) is 5.83. The molecule has 19 heavy (non-hydrogen) atoms. The van der Waals surface area contributed by atoms with Gasteiger partial charge >= 0.3 is 5.97 Å². The molecule has 0 fully saturated rings. The minimum Gasteiger partial charge on any atom is -0.480 e. The van der Waals surface area contributed by atoms with Crippen LogP contribution >= 0.6 is 11.8 Å². The van der Waals surface area contributed by atoms with Crippen molar-refractivity contribution in [3.05, 3.63) is 29.3 Å². The monoisotopic (exact) mass is 282 g/mol. The molecule has 1 unspecified atom stereocenters. The summed E-state index contributed by atoms with van der Waals surface area (Å²) in [7, 11) is 0. The number of carbonyl (C=O) groups excluding carboxylic acids is 1. The van der Waals surface area contributed by atoms with Crippen LogP contribution in [-0.2, 0) is 9.59 Å². The number of anilines is 1. The maximum Gasteiger partial charge on any atom is 0.321 e. The van der Waals surface area contributed by atoms with Crippen molar-refractivity contribution in [1.29, 1.82) is 0 Å². The Morgan fingerprint density at radius 3 is 2.68 bits per heavy atom. The predicted molar refractivity (Wildman–Crippen MR) is 77.5 cm³/mol. The normalized spacial score (nSPS) is 11.9. The molecule has 0 bridgehead atoms. The number of aryl methyl sites for hydroxylation is 2. The van der Waals surface area contributed by atoms with Gasteiger partial charge in [0, 0.05) is 11.4 Å². The van der Waals surface area contributed by atoms with E-state index in [1.54, 1.807) is 0 Å². The molecule has 0 aliphatic rings. The number of carbonyl (C=O) groups is 2. The highest BCUT2D eigenvalue weighted by atomic mass is 32.2. The van der Waals surface area contributed by atoms with E-state index in [0.29, 0.717) is 0 Å². The van der Waals surface area contributed by atoms with Crippen LogP contribution < -0.4 is 11.1 Å². The van der Waals surface area contributed by atoms with Crippen molar-refractivity contribution in [3.8, 4) is 0 Å². The van der Waals surface area contributed by atoms with Gasteiger partial charge in [0.2, 0.25) is 5.91 Å². The zero-order valence-corrected chi connectivity index (χ0v) is 11.8. The van der Waals surface area contributed by atoms with E-state index in [4.69, 9.17) is 10.8 Å². The second kappa shape index (κ2) is 7.16. The number of nitrogens with two attached hydrogens (primary N) is 1. The average Bonchev–Trinajstić information content (AvgIpc) is 2.32. The van der Waals surface area contributed by atoms with Crippen molar-refractivity contribution in [3.63, 3.8) is 0 Å². The lowest BCUT2D eigenvalue weighted by Gasteiger charge is -2.09. The molecule has 5 nitrogen and oxygen atoms in total. The third-order valence-electron chi connectivity index (χ3n) is 2.50. The number of amides is 1. The Balaban J connectivity index is 2.41. The summed E-state index contributed by atoms with van der Waals surface area (Å²) in [5, 5.41) is 11.4. The zero-order chi connectivity index (χ0) is 14.4. The number of hydrogen-bond donors (Lipinski definition) is 3. The molecular formula is C13H18N2O3S. The second-order valence-corrected chi connectivity index (χ2v) is 5.36. The van der Waals surface area contributed by atoms with Crippen LogP contribution in [0, 0.1) is 13.8 Å². The van der Waals surface area contributed by atoms with Crippen LogP contribution in [0.25, 0.3) is 0 Å². The van der Waals surface area contributed by atoms with Gasteiger partial charge in [-0.15, -0.1) is 11.8 Å². The Hall–Kier alpha value is -1.53. The molecule has 0 radical (unpaired) electrons. The summed E-state index contributed by atoms with van der Waals surface area (Å²) in [4.78, 5) is 22.2. The van der Waals surface area contributed by atoms with Crippen LogP contribution in [0.1, 0.15) is 11.1 Å². The number of aliphatic carboxylic acids is 1. The summed E-state index contributed by atoms with van der Waals surface area (Å²) < 4.78 is 0. The number of hydrogen-bond acceptors (Lipinski definition) is 4. The van der Waals surface area contributed by atoms with Crippen molar-refractivity contribution in [2.75, 3.05) is 16.8 Å². The number of carboxylic acid groups (broad SMARTS) is 1. The molecular weight excluding hydrogens is 264 g/mol. The van der Waals surface area contributed by atoms with Gasteiger partial charge in [-0.25, -0.2) is 0 Å². The third-order valence-corrected chi connectivity index (χ3v) is 3.56. The van der Waals surface area contributed by atoms with Crippen molar-refractivity contribution in [2.24, 2.45) is 5.73 Å². The van der Waals surface area contributed by atoms with Gasteiger partial charge in [0.05, 0.1) is 5.75 Å². The fourth-order valence-electron chi connectivity index (χ4n) is 1.49. The first-order valence-corrected chi connectivity index (χ1v) is 6.99. The molecule has 0 spiro atoms. The lowest BCUT2D eigenvalue weighted by atomic mass is 10.1. The predicted octanol–water partition coefficient (Wildman–Crippen LogP) is 1.39. The lowest BCUT2D eigenvalue weighted by Crippen LogP contribution is -2.33. The second-order valence-electron chi connectivity index (χ2n) is 4.33. The molecule has 0 aliphatic heterocycles. The zero-order valence-electron chi connectivity index (χ0n) is 11.0. The molecule has 0 heterocycles. The molecule has 1 rings (SSSR count). The molecule has 1 atom stereocenters. The highest BCUT2D eigenvalue weighted by Gasteiger charge is 2.12. The fourth-order valence-corrected chi connectivity index (χ4v) is 2.26. The van der Waals surface area contributed by atoms with Crippen LogP contribution in [0.5, 0.6) is 0 Å². The quantitative estimate of drug-likeness (QED) is 0.733. The van der Waals surface area contributed by atoms with E-state index in [9.17, 15) is 9.59 Å². The first-order chi connectivity index (χ1) is 8.90. The van der Waals surface area contributed by atoms with Crippen LogP contribution in [0.2, 0.25) is 0 Å². The van der Waals surface area contributed by atoms with Gasteiger partial charge in [0.25, 0.3) is 0 Å². The molecule has 1 amide bonds. The highest BCUT2D eigenvalue weighted by Crippen LogP contribution is 2.16. The summed E-state index contributed by atoms with van der Waals surface area (Å²) in [5.74, 6) is -0.805. The number of thioether (sulfide) groups is 1. The van der Waals surface area contributed by atoms with Crippen LogP contribution in [0.15, 0.2) is 18.2 Å². The Labute approximate surface area is 116 Å². The van der Waals surface area contributed by atoms with Gasteiger partial charge in [-0.3, -0.25) is 9.59 Å². The van der Waals surface area contributed by atoms with Crippen LogP contribution in [0.4, 0.5) is 5.69 Å². The Morgan fingerprint density at radius 2 is 2.11 bits per heavy atom. The smallest absolute Gasteiger partial charge is 0.321 e. The minimum absolute atomic E-state index is 0.158. The molecule has 0 aromatic heterocycles. The van der Waals surface area contributed by atoms with Gasteiger partial charge in [-0.2, -0.15) is 0 Å². The van der Waals surface area contributed by atoms with Crippen molar-refractivity contribution >= 4 is 29.3 Å². The van der Waals surface area contributed by atoms with Gasteiger partial charge in [0.1, 0.15) is 6.04 Å². The number of benzene rings is 1. The van der Waals surface area contributed by atoms with Gasteiger partial charge < -0.3 is 16.2 Å². The molecule has 104 valence electrons. The van der Waals surface area contributed by atoms with Gasteiger partial charge in [-0.05, 0) is 25.5 Å². The van der Waals surface area contributed by atoms with Gasteiger partial charge in [-0.1, -0.05) is 17.7 Å². The molecule has 6 heteroatoms. The molecule has 0 aliphatic carbocycles. The molecule has 1 aromatic carbocycles. The van der Waals surface area contributed by atoms with Crippen molar-refractivity contribution in [2.45, 2.75) is 19.9 Å². The molecule has 0 saturated carbocycles. The minimum atomic E-state index is -1.05. The summed E-state index contributed by atoms with van der Waals surface area (Å²) in [6.07, 6.45) is 0. The number of nitrogens with one attached hydrogen (secondary N) is 1. The standard InChI is InChI=1S/C13H18N2O3S/c1-8-3-4-11(9(2)5-8)15-12(16)7-19-6-10(14)13(17)18/h3-5,10H,6-7,14H2,1-2H3,(H,15,16)(H,17,18). The van der Waals surface area contributed by atoms with Crippen LogP contribution in [-0.4, -0.2) is 34.5 Å². The van der Waals surface area contributed by atoms with E-state index < -0.39 is 12.0 Å². The number of rotatable bonds is 6. The van der Waals surface area contributed by atoms with E-state index in [1.807, 2.05) is 32.0 Å². The third kappa shape index (κ3) is 5.32. The van der Waals surface area contributed by atoms with E-state index in [0.717, 1.165) is 16.8 Å². The maximum atomic E-state index is 11.7. The largest absolute Gasteiger partial charge is 0.480 e. The van der Waals surface area contributed by atoms with E-state index in [1.165, 1.54) is 11.8 Å². The maximum absolute atomic E-state index is 11.7. The Bertz CT molecular complexity index is 477. The summed E-state index contributed by atoms with van der Waals surface area (Å²) in [6, 6.07) is 4.84. The van der Waals surface area contributed by atoms with Crippen LogP contribution in [0.3, 0.4) is 0 Å². The van der Waals surface area contributed by atoms with E-state index >= 15 is 0 Å². The van der Waals surface area contributed by atoms with Gasteiger partial charge in [0.15, 0.2) is 0 Å². The molecule has 4 N–H and O–H groups in total. The summed E-state index contributed by atoms with van der Waals surface area (Å²) >= 11 is 1.21.